The fraction of sp³-hybridized carbons (Fsp3) is 0.462. The second-order valence-corrected chi connectivity index (χ2v) is 4.30. The van der Waals surface area contributed by atoms with Crippen LogP contribution in [0.5, 0.6) is 5.75 Å². The predicted molar refractivity (Wildman–Crippen MR) is 68.3 cm³/mol. The first-order chi connectivity index (χ1) is 8.74. The third-order valence-electron chi connectivity index (χ3n) is 2.78. The zero-order valence-electron chi connectivity index (χ0n) is 10.2. The maximum atomic E-state index is 11.5. The Hall–Kier alpha value is -1.75. The Bertz CT molecular complexity index is 403. The first-order valence-corrected chi connectivity index (χ1v) is 6.10. The first kappa shape index (κ1) is 12.7. The van der Waals surface area contributed by atoms with Crippen LogP contribution in [0.25, 0.3) is 0 Å². The van der Waals surface area contributed by atoms with Crippen LogP contribution < -0.4 is 15.8 Å². The van der Waals surface area contributed by atoms with E-state index in [0.29, 0.717) is 18.0 Å². The third kappa shape index (κ3) is 3.92. The summed E-state index contributed by atoms with van der Waals surface area (Å²) >= 11 is 0. The molecule has 1 aromatic carbocycles. The summed E-state index contributed by atoms with van der Waals surface area (Å²) < 4.78 is 10.7. The molecule has 0 spiro atoms. The lowest BCUT2D eigenvalue weighted by molar-refractivity contribution is -0.123. The van der Waals surface area contributed by atoms with E-state index in [1.807, 2.05) is 0 Å². The molecule has 1 saturated heterocycles. The highest BCUT2D eigenvalue weighted by molar-refractivity contribution is 5.77. The second-order valence-electron chi connectivity index (χ2n) is 4.30. The molecule has 5 heteroatoms. The van der Waals surface area contributed by atoms with E-state index in [9.17, 15) is 4.79 Å². The van der Waals surface area contributed by atoms with Crippen LogP contribution in [0.2, 0.25) is 0 Å². The van der Waals surface area contributed by atoms with Crippen LogP contribution in [0.1, 0.15) is 12.8 Å². The molecule has 1 aromatic rings. The molecule has 1 heterocycles. The van der Waals surface area contributed by atoms with Gasteiger partial charge >= 0.3 is 0 Å². The number of hydrogen-bond donors (Lipinski definition) is 2. The van der Waals surface area contributed by atoms with Crippen molar-refractivity contribution >= 4 is 11.6 Å². The average molecular weight is 250 g/mol. The molecule has 1 amide bonds. The standard InChI is InChI=1S/C13H18N2O3/c14-10-3-1-4-11(7-10)18-9-13(16)15-8-12-5-2-6-17-12/h1,3-4,7,12H,2,5-6,8-9,14H2,(H,15,16)/t12-/m0/s1. The molecule has 0 aliphatic carbocycles. The Morgan fingerprint density at radius 2 is 2.44 bits per heavy atom. The number of amides is 1. The summed E-state index contributed by atoms with van der Waals surface area (Å²) in [6.45, 7) is 1.34. The lowest BCUT2D eigenvalue weighted by Gasteiger charge is -2.11. The molecule has 0 aromatic heterocycles. The summed E-state index contributed by atoms with van der Waals surface area (Å²) in [4.78, 5) is 11.5. The van der Waals surface area contributed by atoms with Gasteiger partial charge in [-0.15, -0.1) is 0 Å². The zero-order chi connectivity index (χ0) is 12.8. The quantitative estimate of drug-likeness (QED) is 0.763. The van der Waals surface area contributed by atoms with Crippen LogP contribution >= 0.6 is 0 Å². The smallest absolute Gasteiger partial charge is 0.258 e. The summed E-state index contributed by atoms with van der Waals surface area (Å²) in [5.74, 6) is 0.454. The second kappa shape index (κ2) is 6.26. The van der Waals surface area contributed by atoms with Gasteiger partial charge in [0.2, 0.25) is 0 Å². The fourth-order valence-corrected chi connectivity index (χ4v) is 1.84. The largest absolute Gasteiger partial charge is 0.484 e. The topological polar surface area (TPSA) is 73.6 Å². The molecule has 1 fully saturated rings. The number of carbonyl (C=O) groups is 1. The van der Waals surface area contributed by atoms with Gasteiger partial charge in [-0.2, -0.15) is 0 Å². The highest BCUT2D eigenvalue weighted by Crippen LogP contribution is 2.14. The Balaban J connectivity index is 1.68. The van der Waals surface area contributed by atoms with Crippen molar-refractivity contribution in [3.63, 3.8) is 0 Å². The van der Waals surface area contributed by atoms with Gasteiger partial charge in [-0.05, 0) is 25.0 Å². The number of anilines is 1. The molecule has 0 bridgehead atoms. The van der Waals surface area contributed by atoms with Crippen LogP contribution in [0, 0.1) is 0 Å². The Labute approximate surface area is 106 Å². The SMILES string of the molecule is Nc1cccc(OCC(=O)NC[C@@H]2CCCO2)c1. The molecule has 0 unspecified atom stereocenters. The van der Waals surface area contributed by atoms with Crippen molar-refractivity contribution in [1.29, 1.82) is 0 Å². The number of nitrogens with two attached hydrogens (primary N) is 1. The van der Waals surface area contributed by atoms with Crippen molar-refractivity contribution in [3.05, 3.63) is 24.3 Å². The van der Waals surface area contributed by atoms with Crippen molar-refractivity contribution in [1.82, 2.24) is 5.32 Å². The molecule has 1 aliphatic heterocycles. The third-order valence-corrected chi connectivity index (χ3v) is 2.78. The van der Waals surface area contributed by atoms with Gasteiger partial charge < -0.3 is 20.5 Å². The van der Waals surface area contributed by atoms with E-state index in [-0.39, 0.29) is 18.6 Å². The van der Waals surface area contributed by atoms with Crippen LogP contribution in [-0.2, 0) is 9.53 Å². The summed E-state index contributed by atoms with van der Waals surface area (Å²) in [6.07, 6.45) is 2.23. The average Bonchev–Trinajstić information content (AvgIpc) is 2.87. The van der Waals surface area contributed by atoms with Crippen LogP contribution in [-0.4, -0.2) is 31.8 Å². The predicted octanol–water partition coefficient (Wildman–Crippen LogP) is 0.943. The minimum absolute atomic E-state index is 0.00380. The maximum absolute atomic E-state index is 11.5. The van der Waals surface area contributed by atoms with E-state index >= 15 is 0 Å². The van der Waals surface area contributed by atoms with Crippen molar-refractivity contribution in [2.75, 3.05) is 25.5 Å². The molecular formula is C13H18N2O3. The van der Waals surface area contributed by atoms with E-state index in [2.05, 4.69) is 5.32 Å². The van der Waals surface area contributed by atoms with Gasteiger partial charge in [-0.3, -0.25) is 4.79 Å². The Morgan fingerprint density at radius 3 is 3.17 bits per heavy atom. The van der Waals surface area contributed by atoms with Gasteiger partial charge in [0.25, 0.3) is 5.91 Å². The highest BCUT2D eigenvalue weighted by Gasteiger charge is 2.16. The summed E-state index contributed by atoms with van der Waals surface area (Å²) in [5.41, 5.74) is 6.23. The van der Waals surface area contributed by atoms with E-state index < -0.39 is 0 Å². The zero-order valence-corrected chi connectivity index (χ0v) is 10.2. The number of rotatable bonds is 5. The van der Waals surface area contributed by atoms with Crippen molar-refractivity contribution < 1.29 is 14.3 Å². The van der Waals surface area contributed by atoms with Crippen molar-refractivity contribution in [3.8, 4) is 5.75 Å². The summed E-state index contributed by atoms with van der Waals surface area (Å²) in [5, 5.41) is 2.79. The minimum Gasteiger partial charge on any atom is -0.484 e. The number of nitrogens with one attached hydrogen (secondary N) is 1. The molecule has 2 rings (SSSR count). The van der Waals surface area contributed by atoms with Gasteiger partial charge in [-0.25, -0.2) is 0 Å². The lowest BCUT2D eigenvalue weighted by atomic mass is 10.2. The van der Waals surface area contributed by atoms with Gasteiger partial charge in [0.05, 0.1) is 6.10 Å². The molecule has 0 saturated carbocycles. The molecule has 18 heavy (non-hydrogen) atoms. The van der Waals surface area contributed by atoms with Crippen LogP contribution in [0.4, 0.5) is 5.69 Å². The summed E-state index contributed by atoms with van der Waals surface area (Å²) in [6, 6.07) is 7.01. The monoisotopic (exact) mass is 250 g/mol. The normalized spacial score (nSPS) is 18.6. The molecule has 0 radical (unpaired) electrons. The lowest BCUT2D eigenvalue weighted by Crippen LogP contribution is -2.35. The van der Waals surface area contributed by atoms with Gasteiger partial charge in [0.1, 0.15) is 5.75 Å². The number of nitrogen functional groups attached to an aromatic ring is 1. The van der Waals surface area contributed by atoms with Crippen molar-refractivity contribution in [2.45, 2.75) is 18.9 Å². The number of benzene rings is 1. The highest BCUT2D eigenvalue weighted by atomic mass is 16.5. The molecular weight excluding hydrogens is 232 g/mol. The number of hydrogen-bond acceptors (Lipinski definition) is 4. The fourth-order valence-electron chi connectivity index (χ4n) is 1.84. The van der Waals surface area contributed by atoms with E-state index in [1.165, 1.54) is 0 Å². The molecule has 5 nitrogen and oxygen atoms in total. The Kier molecular flexibility index (Phi) is 4.41. The van der Waals surface area contributed by atoms with Crippen LogP contribution in [0.15, 0.2) is 24.3 Å². The molecule has 1 atom stereocenters. The molecule has 3 N–H and O–H groups in total. The van der Waals surface area contributed by atoms with Gasteiger partial charge in [0.15, 0.2) is 6.61 Å². The minimum atomic E-state index is -0.145. The maximum Gasteiger partial charge on any atom is 0.258 e. The summed E-state index contributed by atoms with van der Waals surface area (Å²) in [7, 11) is 0. The molecule has 98 valence electrons. The van der Waals surface area contributed by atoms with E-state index in [1.54, 1.807) is 24.3 Å². The number of carbonyl (C=O) groups excluding carboxylic acids is 1. The van der Waals surface area contributed by atoms with Gasteiger partial charge in [0, 0.05) is 24.9 Å². The van der Waals surface area contributed by atoms with E-state index in [4.69, 9.17) is 15.2 Å². The van der Waals surface area contributed by atoms with Crippen molar-refractivity contribution in [2.24, 2.45) is 0 Å². The first-order valence-electron chi connectivity index (χ1n) is 6.10. The Morgan fingerprint density at radius 1 is 1.56 bits per heavy atom. The van der Waals surface area contributed by atoms with Gasteiger partial charge in [-0.1, -0.05) is 6.07 Å². The molecule has 1 aliphatic rings. The van der Waals surface area contributed by atoms with Crippen LogP contribution in [0.3, 0.4) is 0 Å². The van der Waals surface area contributed by atoms with E-state index in [0.717, 1.165) is 19.4 Å². The number of ether oxygens (including phenoxy) is 2.